The number of amides is 1. The second kappa shape index (κ2) is 9.17. The highest BCUT2D eigenvalue weighted by molar-refractivity contribution is 7.99. The molecule has 0 spiro atoms. The predicted octanol–water partition coefficient (Wildman–Crippen LogP) is 3.83. The lowest BCUT2D eigenvalue weighted by molar-refractivity contribution is -0.113. The summed E-state index contributed by atoms with van der Waals surface area (Å²) < 4.78 is 26.6. The van der Waals surface area contributed by atoms with Crippen LogP contribution in [-0.4, -0.2) is 34.8 Å². The monoisotopic (exact) mass is 470 g/mol. The molecule has 3 rings (SSSR count). The van der Waals surface area contributed by atoms with Crippen LogP contribution in [0.25, 0.3) is 0 Å². The molecule has 2 aromatic carbocycles. The lowest BCUT2D eigenvalue weighted by atomic mass is 10.3. The minimum Gasteiger partial charge on any atom is -0.324 e. The highest BCUT2D eigenvalue weighted by atomic mass is 35.5. The Morgan fingerprint density at radius 1 is 1.14 bits per heavy atom. The number of nitrogens with zero attached hydrogens (tertiary/aromatic N) is 3. The molecule has 11 heteroatoms. The molecule has 1 aromatic heterocycles. The number of thioether (sulfide) groups is 1. The fourth-order valence-corrected chi connectivity index (χ4v) is 4.78. The first-order chi connectivity index (χ1) is 13.8. The summed E-state index contributed by atoms with van der Waals surface area (Å²) in [6, 6.07) is 12.9. The number of anilines is 1. The first-order valence-corrected chi connectivity index (χ1v) is 11.7. The summed E-state index contributed by atoms with van der Waals surface area (Å²) in [7, 11) is -1.89. The van der Waals surface area contributed by atoms with Crippen molar-refractivity contribution in [2.75, 3.05) is 11.1 Å². The average Bonchev–Trinajstić information content (AvgIpc) is 3.03. The maximum absolute atomic E-state index is 12.5. The normalized spacial score (nSPS) is 11.4. The van der Waals surface area contributed by atoms with Gasteiger partial charge < -0.3 is 9.88 Å². The van der Waals surface area contributed by atoms with E-state index in [1.165, 1.54) is 12.1 Å². The smallest absolute Gasteiger partial charge is 0.234 e. The number of aromatic nitrogens is 3. The second-order valence-corrected chi connectivity index (χ2v) is 9.77. The van der Waals surface area contributed by atoms with Gasteiger partial charge in [0.1, 0.15) is 11.6 Å². The minimum atomic E-state index is -3.54. The average molecular weight is 471 g/mol. The third-order valence-electron chi connectivity index (χ3n) is 3.88. The Morgan fingerprint density at radius 3 is 2.59 bits per heavy atom. The molecule has 1 N–H and O–H groups in total. The summed E-state index contributed by atoms with van der Waals surface area (Å²) in [5.41, 5.74) is 0.414. The Balaban J connectivity index is 1.64. The highest BCUT2D eigenvalue weighted by Gasteiger charge is 2.20. The number of nitrogens with one attached hydrogen (secondary N) is 1. The molecule has 3 aromatic rings. The van der Waals surface area contributed by atoms with Gasteiger partial charge in [-0.25, -0.2) is 8.42 Å². The van der Waals surface area contributed by atoms with Gasteiger partial charge in [-0.05, 0) is 30.3 Å². The van der Waals surface area contributed by atoms with E-state index in [0.29, 0.717) is 20.9 Å². The molecule has 0 atom stereocenters. The molecule has 1 amide bonds. The fourth-order valence-electron chi connectivity index (χ4n) is 2.39. The first kappa shape index (κ1) is 21.6. The van der Waals surface area contributed by atoms with Gasteiger partial charge in [0.15, 0.2) is 15.0 Å². The fraction of sp³-hybridized carbons (Fsp3) is 0.167. The van der Waals surface area contributed by atoms with Crippen LogP contribution in [0.4, 0.5) is 5.69 Å². The third kappa shape index (κ3) is 5.51. The van der Waals surface area contributed by atoms with Crippen molar-refractivity contribution >= 4 is 56.4 Å². The summed E-state index contributed by atoms with van der Waals surface area (Å²) in [5, 5.41) is 11.9. The second-order valence-electron chi connectivity index (χ2n) is 5.99. The maximum Gasteiger partial charge on any atom is 0.234 e. The van der Waals surface area contributed by atoms with E-state index < -0.39 is 9.84 Å². The molecule has 7 nitrogen and oxygen atoms in total. The highest BCUT2D eigenvalue weighted by Crippen LogP contribution is 2.26. The van der Waals surface area contributed by atoms with Crippen molar-refractivity contribution in [2.24, 2.45) is 7.05 Å². The summed E-state index contributed by atoms with van der Waals surface area (Å²) in [6.07, 6.45) is 0. The molecule has 0 saturated heterocycles. The zero-order valence-electron chi connectivity index (χ0n) is 15.2. The zero-order valence-corrected chi connectivity index (χ0v) is 18.3. The van der Waals surface area contributed by atoms with Crippen molar-refractivity contribution in [1.29, 1.82) is 0 Å². The van der Waals surface area contributed by atoms with E-state index in [-0.39, 0.29) is 28.1 Å². The van der Waals surface area contributed by atoms with Crippen LogP contribution in [-0.2, 0) is 27.4 Å². The van der Waals surface area contributed by atoms with Crippen molar-refractivity contribution in [3.8, 4) is 0 Å². The maximum atomic E-state index is 12.5. The minimum absolute atomic E-state index is 0.0419. The summed E-state index contributed by atoms with van der Waals surface area (Å²) in [6.45, 7) is 0. The predicted molar refractivity (Wildman–Crippen MR) is 114 cm³/mol. The standard InChI is InChI=1S/C18H16Cl2N4O3S2/c1-24-16(11-29(26,27)13-5-3-2-4-6-13)22-23-18(24)28-10-17(25)21-15-9-12(19)7-8-14(15)20/h2-9H,10-11H2,1H3,(H,21,25). The zero-order chi connectivity index (χ0) is 21.0. The van der Waals surface area contributed by atoms with Crippen molar-refractivity contribution < 1.29 is 13.2 Å². The van der Waals surface area contributed by atoms with Crippen molar-refractivity contribution in [1.82, 2.24) is 14.8 Å². The van der Waals surface area contributed by atoms with E-state index >= 15 is 0 Å². The third-order valence-corrected chi connectivity index (χ3v) is 7.09. The van der Waals surface area contributed by atoms with Crippen LogP contribution < -0.4 is 5.32 Å². The quantitative estimate of drug-likeness (QED) is 0.527. The van der Waals surface area contributed by atoms with Gasteiger partial charge in [-0.3, -0.25) is 4.79 Å². The van der Waals surface area contributed by atoms with Crippen LogP contribution in [0.15, 0.2) is 58.6 Å². The number of hydrogen-bond donors (Lipinski definition) is 1. The molecule has 29 heavy (non-hydrogen) atoms. The Morgan fingerprint density at radius 2 is 1.86 bits per heavy atom. The van der Waals surface area contributed by atoms with Crippen LogP contribution in [0.1, 0.15) is 5.82 Å². The Kier molecular flexibility index (Phi) is 6.84. The van der Waals surface area contributed by atoms with E-state index in [2.05, 4.69) is 15.5 Å². The van der Waals surface area contributed by atoms with Gasteiger partial charge >= 0.3 is 0 Å². The number of sulfone groups is 1. The lowest BCUT2D eigenvalue weighted by Gasteiger charge is -2.08. The lowest BCUT2D eigenvalue weighted by Crippen LogP contribution is -2.15. The summed E-state index contributed by atoms with van der Waals surface area (Å²) >= 11 is 13.1. The van der Waals surface area contributed by atoms with Crippen LogP contribution in [0.5, 0.6) is 0 Å². The van der Waals surface area contributed by atoms with Crippen molar-refractivity contribution in [2.45, 2.75) is 15.8 Å². The molecule has 0 aliphatic heterocycles. The largest absolute Gasteiger partial charge is 0.324 e. The van der Waals surface area contributed by atoms with Gasteiger partial charge in [0.05, 0.1) is 21.4 Å². The Labute approximate surface area is 182 Å². The number of halogens is 2. The molecular weight excluding hydrogens is 455 g/mol. The number of hydrogen-bond acceptors (Lipinski definition) is 6. The topological polar surface area (TPSA) is 93.9 Å². The summed E-state index contributed by atoms with van der Waals surface area (Å²) in [5.74, 6) is -0.263. The number of carbonyl (C=O) groups is 1. The molecule has 0 radical (unpaired) electrons. The molecule has 0 fully saturated rings. The van der Waals surface area contributed by atoms with E-state index in [1.54, 1.807) is 48.0 Å². The van der Waals surface area contributed by atoms with Gasteiger partial charge in [-0.1, -0.05) is 53.2 Å². The van der Waals surface area contributed by atoms with Gasteiger partial charge in [0.2, 0.25) is 5.91 Å². The van der Waals surface area contributed by atoms with E-state index in [9.17, 15) is 13.2 Å². The number of benzene rings is 2. The molecule has 0 bridgehead atoms. The SMILES string of the molecule is Cn1c(CS(=O)(=O)c2ccccc2)nnc1SCC(=O)Nc1cc(Cl)ccc1Cl. The first-order valence-electron chi connectivity index (χ1n) is 8.30. The van der Waals surface area contributed by atoms with Gasteiger partial charge in [0.25, 0.3) is 0 Å². The van der Waals surface area contributed by atoms with Crippen LogP contribution in [0, 0.1) is 0 Å². The van der Waals surface area contributed by atoms with Crippen LogP contribution in [0.3, 0.4) is 0 Å². The molecule has 0 aliphatic carbocycles. The van der Waals surface area contributed by atoms with Crippen LogP contribution in [0.2, 0.25) is 10.0 Å². The van der Waals surface area contributed by atoms with Crippen molar-refractivity contribution in [3.05, 3.63) is 64.4 Å². The molecule has 152 valence electrons. The van der Waals surface area contributed by atoms with E-state index in [1.807, 2.05) is 0 Å². The number of carbonyl (C=O) groups excluding carboxylic acids is 1. The summed E-state index contributed by atoms with van der Waals surface area (Å²) in [4.78, 5) is 12.4. The van der Waals surface area contributed by atoms with Crippen molar-refractivity contribution in [3.63, 3.8) is 0 Å². The molecular formula is C18H16Cl2N4O3S2. The molecule has 1 heterocycles. The Hall–Kier alpha value is -2.07. The van der Waals surface area contributed by atoms with E-state index in [4.69, 9.17) is 23.2 Å². The van der Waals surface area contributed by atoms with Gasteiger partial charge in [0, 0.05) is 12.1 Å². The number of rotatable bonds is 7. The Bertz CT molecular complexity index is 1140. The molecule has 0 unspecified atom stereocenters. The van der Waals surface area contributed by atoms with Gasteiger partial charge in [-0.15, -0.1) is 10.2 Å². The van der Waals surface area contributed by atoms with Gasteiger partial charge in [-0.2, -0.15) is 0 Å². The molecule has 0 saturated carbocycles. The molecule has 0 aliphatic rings. The van der Waals surface area contributed by atoms with E-state index in [0.717, 1.165) is 11.8 Å². The van der Waals surface area contributed by atoms with Crippen LogP contribution >= 0.6 is 35.0 Å².